The van der Waals surface area contributed by atoms with Crippen molar-refractivity contribution in [2.24, 2.45) is 5.92 Å². The van der Waals surface area contributed by atoms with E-state index in [9.17, 15) is 0 Å². The van der Waals surface area contributed by atoms with Crippen LogP contribution in [-0.4, -0.2) is 4.57 Å². The molecule has 0 amide bonds. The zero-order chi connectivity index (χ0) is 23.5. The first-order valence-electron chi connectivity index (χ1n) is 13.2. The zero-order valence-electron chi connectivity index (χ0n) is 21.7. The van der Waals surface area contributed by atoms with Crippen molar-refractivity contribution in [2.75, 3.05) is 0 Å². The van der Waals surface area contributed by atoms with Crippen molar-refractivity contribution in [2.45, 2.75) is 104 Å². The maximum Gasteiger partial charge on any atom is 0.297 e. The standard InChI is InChI=1S/C30H39N2O/c1-9-12-13-21-14-15-22-17-24-25-26(23(22)16-21)33-28(7,8)31-18(4)19(5)32(27(25)31)30(11-3)20(6)29(24,30)10-2/h14-17,20H,9-13H2,1-8H3/q+1. The van der Waals surface area contributed by atoms with Gasteiger partial charge in [-0.05, 0) is 54.3 Å². The molecule has 0 radical (unpaired) electrons. The van der Waals surface area contributed by atoms with Crippen LogP contribution in [0.3, 0.4) is 0 Å². The highest BCUT2D eigenvalue weighted by molar-refractivity contribution is 5.98. The lowest BCUT2D eigenvalue weighted by Gasteiger charge is -2.37. The highest BCUT2D eigenvalue weighted by atomic mass is 16.5. The van der Waals surface area contributed by atoms with Crippen LogP contribution >= 0.6 is 0 Å². The van der Waals surface area contributed by atoms with Crippen LogP contribution in [0.1, 0.15) is 89.7 Å². The van der Waals surface area contributed by atoms with Crippen LogP contribution < -0.4 is 9.30 Å². The maximum absolute atomic E-state index is 6.99. The molecule has 0 bridgehead atoms. The van der Waals surface area contributed by atoms with E-state index in [-0.39, 0.29) is 11.0 Å². The molecule has 0 spiro atoms. The second-order valence-corrected chi connectivity index (χ2v) is 11.3. The summed E-state index contributed by atoms with van der Waals surface area (Å²) in [6, 6.07) is 9.63. The third kappa shape index (κ3) is 2.16. The third-order valence-corrected chi connectivity index (χ3v) is 9.83. The second kappa shape index (κ2) is 6.43. The Morgan fingerprint density at radius 2 is 1.82 bits per heavy atom. The first-order valence-corrected chi connectivity index (χ1v) is 13.2. The summed E-state index contributed by atoms with van der Waals surface area (Å²) in [5.41, 5.74) is 6.96. The molecule has 33 heavy (non-hydrogen) atoms. The second-order valence-electron chi connectivity index (χ2n) is 11.3. The third-order valence-electron chi connectivity index (χ3n) is 9.83. The number of ether oxygens (including phenoxy) is 1. The Morgan fingerprint density at radius 1 is 1.06 bits per heavy atom. The molecule has 3 atom stereocenters. The Kier molecular flexibility index (Phi) is 4.14. The van der Waals surface area contributed by atoms with Gasteiger partial charge in [-0.3, -0.25) is 0 Å². The van der Waals surface area contributed by atoms with Crippen molar-refractivity contribution in [3.63, 3.8) is 0 Å². The van der Waals surface area contributed by atoms with E-state index in [2.05, 4.69) is 88.8 Å². The molecule has 3 unspecified atom stereocenters. The van der Waals surface area contributed by atoms with Gasteiger partial charge in [-0.1, -0.05) is 46.2 Å². The molecule has 174 valence electrons. The lowest BCUT2D eigenvalue weighted by atomic mass is 9.78. The molecule has 6 rings (SSSR count). The molecule has 3 aliphatic rings. The fourth-order valence-corrected chi connectivity index (χ4v) is 8.27. The first kappa shape index (κ1) is 21.3. The number of rotatable bonds is 5. The average Bonchev–Trinajstić information content (AvgIpc) is 3.23. The van der Waals surface area contributed by atoms with Crippen LogP contribution in [0, 0.1) is 19.8 Å². The summed E-state index contributed by atoms with van der Waals surface area (Å²) in [6.45, 7) is 18.6. The topological polar surface area (TPSA) is 18.0 Å². The van der Waals surface area contributed by atoms with Gasteiger partial charge < -0.3 is 4.74 Å². The lowest BCUT2D eigenvalue weighted by molar-refractivity contribution is -0.790. The number of aromatic nitrogens is 2. The van der Waals surface area contributed by atoms with Gasteiger partial charge in [-0.15, -0.1) is 0 Å². The minimum atomic E-state index is -0.424. The number of benzene rings is 2. The quantitative estimate of drug-likeness (QED) is 0.386. The number of unbranched alkanes of at least 4 members (excludes halogenated alkanes) is 1. The Hall–Kier alpha value is -2.29. The van der Waals surface area contributed by atoms with Crippen molar-refractivity contribution in [1.29, 1.82) is 0 Å². The van der Waals surface area contributed by atoms with Gasteiger partial charge in [0.2, 0.25) is 5.72 Å². The van der Waals surface area contributed by atoms with Crippen LogP contribution in [0.2, 0.25) is 0 Å². The minimum Gasteiger partial charge on any atom is -0.448 e. The smallest absolute Gasteiger partial charge is 0.297 e. The van der Waals surface area contributed by atoms with Gasteiger partial charge in [-0.25, -0.2) is 4.57 Å². The van der Waals surface area contributed by atoms with Crippen molar-refractivity contribution in [3.05, 3.63) is 46.8 Å². The number of hydrogen-bond donors (Lipinski definition) is 0. The Labute approximate surface area is 198 Å². The fourth-order valence-electron chi connectivity index (χ4n) is 8.27. The van der Waals surface area contributed by atoms with Crippen LogP contribution in [0.4, 0.5) is 0 Å². The van der Waals surface area contributed by atoms with E-state index in [0.29, 0.717) is 5.92 Å². The Morgan fingerprint density at radius 3 is 2.48 bits per heavy atom. The van der Waals surface area contributed by atoms with E-state index in [1.807, 2.05) is 0 Å². The highest BCUT2D eigenvalue weighted by Gasteiger charge is 2.81. The number of fused-ring (bicyclic) bond motifs is 5. The molecule has 1 aromatic heterocycles. The highest BCUT2D eigenvalue weighted by Crippen LogP contribution is 2.76. The van der Waals surface area contributed by atoms with E-state index in [1.54, 1.807) is 0 Å². The Bertz CT molecular complexity index is 1330. The van der Waals surface area contributed by atoms with Crippen molar-refractivity contribution in [3.8, 4) is 17.1 Å². The van der Waals surface area contributed by atoms with Crippen LogP contribution in [0.5, 0.6) is 5.75 Å². The number of imidazole rings is 1. The van der Waals surface area contributed by atoms with E-state index in [4.69, 9.17) is 4.74 Å². The van der Waals surface area contributed by atoms with Crippen LogP contribution in [0.15, 0.2) is 24.3 Å². The van der Waals surface area contributed by atoms with Gasteiger partial charge in [0.15, 0.2) is 0 Å². The zero-order valence-corrected chi connectivity index (χ0v) is 21.7. The number of aryl methyl sites for hydroxylation is 1. The van der Waals surface area contributed by atoms with Gasteiger partial charge in [-0.2, -0.15) is 4.57 Å². The van der Waals surface area contributed by atoms with Crippen molar-refractivity contribution in [1.82, 2.24) is 4.57 Å². The molecule has 0 N–H and O–H groups in total. The molecule has 0 saturated heterocycles. The molecule has 1 fully saturated rings. The summed E-state index contributed by atoms with van der Waals surface area (Å²) in [5, 5.41) is 2.62. The summed E-state index contributed by atoms with van der Waals surface area (Å²) < 4.78 is 12.2. The predicted octanol–water partition coefficient (Wildman–Crippen LogP) is 7.06. The summed E-state index contributed by atoms with van der Waals surface area (Å²) >= 11 is 0. The molecule has 2 aromatic carbocycles. The summed E-state index contributed by atoms with van der Waals surface area (Å²) in [4.78, 5) is 0. The number of hydrogen-bond acceptors (Lipinski definition) is 1. The molecular weight excluding hydrogens is 404 g/mol. The van der Waals surface area contributed by atoms with Gasteiger partial charge in [0.1, 0.15) is 28.2 Å². The van der Waals surface area contributed by atoms with Gasteiger partial charge in [0.25, 0.3) is 5.82 Å². The lowest BCUT2D eigenvalue weighted by Crippen LogP contribution is -2.61. The minimum absolute atomic E-state index is 0.156. The molecule has 3 heteroatoms. The Balaban J connectivity index is 1.78. The van der Waals surface area contributed by atoms with Crippen LogP contribution in [0.25, 0.3) is 22.2 Å². The molecular formula is C30H39N2O+. The average molecular weight is 444 g/mol. The van der Waals surface area contributed by atoms with Gasteiger partial charge in [0, 0.05) is 44.4 Å². The van der Waals surface area contributed by atoms with Gasteiger partial charge in [0.05, 0.1) is 0 Å². The van der Waals surface area contributed by atoms with E-state index < -0.39 is 5.72 Å². The van der Waals surface area contributed by atoms with Crippen LogP contribution in [-0.2, 0) is 23.1 Å². The van der Waals surface area contributed by atoms with E-state index in [1.165, 1.54) is 57.5 Å². The van der Waals surface area contributed by atoms with Gasteiger partial charge >= 0.3 is 0 Å². The monoisotopic (exact) mass is 443 g/mol. The summed E-state index contributed by atoms with van der Waals surface area (Å²) in [6.07, 6.45) is 5.91. The number of nitrogens with zero attached hydrogens (tertiary/aromatic N) is 2. The largest absolute Gasteiger partial charge is 0.448 e. The molecule has 1 saturated carbocycles. The van der Waals surface area contributed by atoms with Crippen molar-refractivity contribution < 1.29 is 9.30 Å². The molecule has 3 nitrogen and oxygen atoms in total. The molecule has 3 aromatic rings. The van der Waals surface area contributed by atoms with E-state index >= 15 is 0 Å². The normalized spacial score (nSPS) is 27.8. The summed E-state index contributed by atoms with van der Waals surface area (Å²) in [5.74, 6) is 3.10. The molecule has 2 aliphatic heterocycles. The molecule has 3 heterocycles. The maximum atomic E-state index is 6.99. The van der Waals surface area contributed by atoms with Crippen molar-refractivity contribution >= 4 is 10.8 Å². The summed E-state index contributed by atoms with van der Waals surface area (Å²) in [7, 11) is 0. The predicted molar refractivity (Wildman–Crippen MR) is 135 cm³/mol. The molecule has 1 aliphatic carbocycles. The van der Waals surface area contributed by atoms with E-state index in [0.717, 1.165) is 25.0 Å². The fraction of sp³-hybridized carbons (Fsp3) is 0.567. The SMILES string of the molecule is CCCCc1ccc2cc3c4c(c2c1)OC(C)(C)[n+]1c(C)c(C)n(c1-4)C1(CC)C(C)C31CC. The first-order chi connectivity index (χ1) is 15.7.